The van der Waals surface area contributed by atoms with Crippen LogP contribution in [0.2, 0.25) is 0 Å². The van der Waals surface area contributed by atoms with Crippen molar-refractivity contribution in [1.82, 2.24) is 9.78 Å². The van der Waals surface area contributed by atoms with Crippen molar-refractivity contribution in [1.29, 1.82) is 0 Å². The van der Waals surface area contributed by atoms with Crippen LogP contribution in [0.3, 0.4) is 0 Å². The van der Waals surface area contributed by atoms with E-state index < -0.39 is 0 Å². The van der Waals surface area contributed by atoms with E-state index in [4.69, 9.17) is 4.74 Å². The van der Waals surface area contributed by atoms with Gasteiger partial charge in [0.15, 0.2) is 5.78 Å². The quantitative estimate of drug-likeness (QED) is 0.493. The molecule has 172 valence electrons. The summed E-state index contributed by atoms with van der Waals surface area (Å²) in [6.45, 7) is 7.50. The lowest BCUT2D eigenvalue weighted by Crippen LogP contribution is -2.58. The summed E-state index contributed by atoms with van der Waals surface area (Å²) in [7, 11) is 0. The van der Waals surface area contributed by atoms with Crippen molar-refractivity contribution in [3.05, 3.63) is 51.4 Å². The number of aromatic nitrogens is 2. The Morgan fingerprint density at radius 3 is 2.72 bits per heavy atom. The van der Waals surface area contributed by atoms with Crippen molar-refractivity contribution in [2.24, 2.45) is 23.2 Å². The second-order valence-electron chi connectivity index (χ2n) is 9.84. The second kappa shape index (κ2) is 9.38. The summed E-state index contributed by atoms with van der Waals surface area (Å²) in [4.78, 5) is 25.1. The number of benzene rings is 1. The lowest BCUT2D eigenvalue weighted by molar-refractivity contribution is -0.120. The van der Waals surface area contributed by atoms with Crippen molar-refractivity contribution in [3.63, 3.8) is 0 Å². The van der Waals surface area contributed by atoms with Crippen LogP contribution in [0, 0.1) is 23.2 Å². The molecule has 4 atom stereocenters. The summed E-state index contributed by atoms with van der Waals surface area (Å²) in [6, 6.07) is 9.86. The maximum absolute atomic E-state index is 12.8. The molecule has 3 aliphatic rings. The molecule has 0 radical (unpaired) electrons. The molecule has 0 aliphatic heterocycles. The molecular formula is C25H32BrN3O3. The van der Waals surface area contributed by atoms with E-state index in [1.807, 2.05) is 30.3 Å². The van der Waals surface area contributed by atoms with E-state index in [0.29, 0.717) is 52.9 Å². The zero-order chi connectivity index (χ0) is 22.9. The SMILES string of the molecule is C[C@H]1[C@H](Nc2cnn(CC(=O)CCCOc3ccccc3)c(=O)c2Br)C[C@H]2C[C@@H]1C2(C)C. The number of ketones is 1. The molecule has 6 nitrogen and oxygen atoms in total. The van der Waals surface area contributed by atoms with E-state index in [9.17, 15) is 9.59 Å². The number of Topliss-reactive ketones (excluding diaryl/α,β-unsaturated/α-hetero) is 1. The Kier molecular flexibility index (Phi) is 6.75. The molecule has 0 spiro atoms. The molecule has 32 heavy (non-hydrogen) atoms. The molecule has 1 heterocycles. The van der Waals surface area contributed by atoms with Crippen LogP contribution in [0.15, 0.2) is 45.8 Å². The van der Waals surface area contributed by atoms with Gasteiger partial charge >= 0.3 is 0 Å². The fourth-order valence-corrected chi connectivity index (χ4v) is 5.86. The molecule has 2 aromatic rings. The van der Waals surface area contributed by atoms with E-state index in [0.717, 1.165) is 18.1 Å². The average Bonchev–Trinajstić information content (AvgIpc) is 2.78. The molecule has 3 fully saturated rings. The minimum Gasteiger partial charge on any atom is -0.494 e. The lowest BCUT2D eigenvalue weighted by Gasteiger charge is -2.62. The Hall–Kier alpha value is -2.15. The Balaban J connectivity index is 1.30. The minimum absolute atomic E-state index is 0.0266. The number of ether oxygens (including phenoxy) is 1. The van der Waals surface area contributed by atoms with Gasteiger partial charge in [-0.25, -0.2) is 4.68 Å². The molecule has 0 saturated heterocycles. The number of carbonyl (C=O) groups is 1. The number of rotatable bonds is 9. The van der Waals surface area contributed by atoms with Crippen molar-refractivity contribution in [2.45, 2.75) is 59.0 Å². The molecule has 0 amide bonds. The molecule has 2 bridgehead atoms. The second-order valence-corrected chi connectivity index (χ2v) is 10.6. The molecule has 3 saturated carbocycles. The van der Waals surface area contributed by atoms with Crippen molar-refractivity contribution >= 4 is 27.4 Å². The van der Waals surface area contributed by atoms with E-state index in [1.54, 1.807) is 6.20 Å². The van der Waals surface area contributed by atoms with Gasteiger partial charge in [0.25, 0.3) is 5.56 Å². The normalized spacial score (nSPS) is 25.6. The van der Waals surface area contributed by atoms with Gasteiger partial charge < -0.3 is 10.1 Å². The molecule has 7 heteroatoms. The zero-order valence-corrected chi connectivity index (χ0v) is 20.6. The summed E-state index contributed by atoms with van der Waals surface area (Å²) in [6.07, 6.45) is 5.03. The largest absolute Gasteiger partial charge is 0.494 e. The number of hydrogen-bond acceptors (Lipinski definition) is 5. The highest BCUT2D eigenvalue weighted by atomic mass is 79.9. The summed E-state index contributed by atoms with van der Waals surface area (Å²) in [5, 5.41) is 7.82. The van der Waals surface area contributed by atoms with Gasteiger partial charge in [-0.1, -0.05) is 39.0 Å². The van der Waals surface area contributed by atoms with Gasteiger partial charge in [-0.15, -0.1) is 0 Å². The average molecular weight is 502 g/mol. The number of nitrogens with one attached hydrogen (secondary N) is 1. The standard InChI is InChI=1S/C25H32BrN3O3/c1-16-20-12-17(25(20,2)3)13-21(16)28-22-14-27-29(24(31)23(22)26)15-18(30)8-7-11-32-19-9-5-4-6-10-19/h4-6,9-10,14,16-17,20-21,28H,7-8,11-13,15H2,1-3H3/t16-,17-,20+,21-/m1/s1. The number of carbonyl (C=O) groups excluding carboxylic acids is 1. The highest BCUT2D eigenvalue weighted by Crippen LogP contribution is 2.61. The number of halogens is 1. The van der Waals surface area contributed by atoms with E-state index in [2.05, 4.69) is 47.1 Å². The first-order valence-corrected chi connectivity index (χ1v) is 12.3. The summed E-state index contributed by atoms with van der Waals surface area (Å²) in [5.74, 6) is 2.75. The number of para-hydroxylation sites is 1. The van der Waals surface area contributed by atoms with Gasteiger partial charge in [-0.3, -0.25) is 9.59 Å². The van der Waals surface area contributed by atoms with Crippen LogP contribution in [0.25, 0.3) is 0 Å². The fourth-order valence-electron chi connectivity index (χ4n) is 5.44. The third-order valence-electron chi connectivity index (χ3n) is 7.62. The van der Waals surface area contributed by atoms with Crippen molar-refractivity contribution < 1.29 is 9.53 Å². The van der Waals surface area contributed by atoms with Crippen molar-refractivity contribution in [3.8, 4) is 5.75 Å². The van der Waals surface area contributed by atoms with Crippen LogP contribution in [0.4, 0.5) is 5.69 Å². The monoisotopic (exact) mass is 501 g/mol. The number of anilines is 1. The van der Waals surface area contributed by atoms with Crippen LogP contribution >= 0.6 is 15.9 Å². The first-order chi connectivity index (χ1) is 15.3. The molecule has 1 aromatic carbocycles. The molecule has 1 aromatic heterocycles. The topological polar surface area (TPSA) is 73.2 Å². The van der Waals surface area contributed by atoms with E-state index in [1.165, 1.54) is 11.1 Å². The van der Waals surface area contributed by atoms with Gasteiger partial charge in [0.2, 0.25) is 0 Å². The first-order valence-electron chi connectivity index (χ1n) is 11.5. The lowest BCUT2D eigenvalue weighted by atomic mass is 9.45. The third-order valence-corrected chi connectivity index (χ3v) is 8.38. The predicted octanol–water partition coefficient (Wildman–Crippen LogP) is 4.92. The van der Waals surface area contributed by atoms with Gasteiger partial charge in [0, 0.05) is 12.5 Å². The Morgan fingerprint density at radius 1 is 1.28 bits per heavy atom. The first kappa shape index (κ1) is 23.0. The van der Waals surface area contributed by atoms with Crippen molar-refractivity contribution in [2.75, 3.05) is 11.9 Å². The van der Waals surface area contributed by atoms with Crippen LogP contribution in [0.1, 0.15) is 46.5 Å². The third kappa shape index (κ3) is 4.63. The maximum Gasteiger partial charge on any atom is 0.283 e. The van der Waals surface area contributed by atoms with Crippen LogP contribution in [-0.4, -0.2) is 28.2 Å². The maximum atomic E-state index is 12.8. The minimum atomic E-state index is -0.280. The van der Waals surface area contributed by atoms with Crippen LogP contribution < -0.4 is 15.6 Å². The van der Waals surface area contributed by atoms with E-state index in [-0.39, 0.29) is 17.9 Å². The molecular weight excluding hydrogens is 470 g/mol. The smallest absolute Gasteiger partial charge is 0.283 e. The van der Waals surface area contributed by atoms with Gasteiger partial charge in [-0.2, -0.15) is 5.10 Å². The Labute approximate surface area is 197 Å². The predicted molar refractivity (Wildman–Crippen MR) is 129 cm³/mol. The van der Waals surface area contributed by atoms with Gasteiger partial charge in [0.05, 0.1) is 18.5 Å². The number of nitrogens with zero attached hydrogens (tertiary/aromatic N) is 2. The Morgan fingerprint density at radius 2 is 2.03 bits per heavy atom. The fraction of sp³-hybridized carbons (Fsp3) is 0.560. The summed E-state index contributed by atoms with van der Waals surface area (Å²) >= 11 is 3.44. The zero-order valence-electron chi connectivity index (χ0n) is 19.0. The molecule has 5 rings (SSSR count). The van der Waals surface area contributed by atoms with Crippen LogP contribution in [0.5, 0.6) is 5.75 Å². The van der Waals surface area contributed by atoms with Gasteiger partial charge in [-0.05, 0) is 70.5 Å². The summed E-state index contributed by atoms with van der Waals surface area (Å²) in [5.41, 5.74) is 0.854. The number of fused-ring (bicyclic) bond motifs is 2. The van der Waals surface area contributed by atoms with Crippen LogP contribution in [-0.2, 0) is 11.3 Å². The summed E-state index contributed by atoms with van der Waals surface area (Å²) < 4.78 is 7.30. The van der Waals surface area contributed by atoms with E-state index >= 15 is 0 Å². The highest BCUT2D eigenvalue weighted by Gasteiger charge is 2.56. The molecule has 3 aliphatic carbocycles. The number of hydrogen-bond donors (Lipinski definition) is 1. The Bertz CT molecular complexity index is 1020. The molecule has 1 N–H and O–H groups in total. The van der Waals surface area contributed by atoms with Gasteiger partial charge in [0.1, 0.15) is 16.8 Å². The highest BCUT2D eigenvalue weighted by molar-refractivity contribution is 9.10. The molecule has 0 unspecified atom stereocenters.